The van der Waals surface area contributed by atoms with Gasteiger partial charge in [-0.25, -0.2) is 18.4 Å². The maximum absolute atomic E-state index is 13.5. The Morgan fingerprint density at radius 1 is 1.25 bits per heavy atom. The summed E-state index contributed by atoms with van der Waals surface area (Å²) >= 11 is 0. The molecule has 24 heavy (non-hydrogen) atoms. The Morgan fingerprint density at radius 3 is 2.67 bits per heavy atom. The molecule has 6 nitrogen and oxygen atoms in total. The molecular formula is C16H12F2N2O4. The highest BCUT2D eigenvalue weighted by Crippen LogP contribution is 2.25. The molecule has 1 amide bonds. The molecule has 1 heterocycles. The average molecular weight is 334 g/mol. The Kier molecular flexibility index (Phi) is 3.80. The monoisotopic (exact) mass is 334 g/mol. The van der Waals surface area contributed by atoms with Gasteiger partial charge in [-0.3, -0.25) is 9.88 Å². The zero-order valence-corrected chi connectivity index (χ0v) is 12.4. The van der Waals surface area contributed by atoms with Crippen LogP contribution in [-0.4, -0.2) is 15.8 Å². The van der Waals surface area contributed by atoms with Crippen LogP contribution in [0.15, 0.2) is 45.6 Å². The highest BCUT2D eigenvalue weighted by Gasteiger charge is 2.19. The van der Waals surface area contributed by atoms with Crippen LogP contribution in [0.4, 0.5) is 19.3 Å². The summed E-state index contributed by atoms with van der Waals surface area (Å²) in [5.74, 6) is -2.96. The second-order valence-electron chi connectivity index (χ2n) is 5.20. The Labute approximate surface area is 133 Å². The molecule has 3 rings (SSSR count). The number of carbonyl (C=O) groups is 1. The molecule has 0 aliphatic heterocycles. The number of halogens is 2. The van der Waals surface area contributed by atoms with Gasteiger partial charge in [-0.05, 0) is 24.6 Å². The van der Waals surface area contributed by atoms with Crippen LogP contribution in [0.1, 0.15) is 18.5 Å². The molecule has 1 aromatic heterocycles. The smallest absolute Gasteiger partial charge is 0.420 e. The molecule has 1 atom stereocenters. The highest BCUT2D eigenvalue weighted by atomic mass is 19.2. The van der Waals surface area contributed by atoms with Gasteiger partial charge in [-0.15, -0.1) is 0 Å². The Morgan fingerprint density at radius 2 is 1.96 bits per heavy atom. The van der Waals surface area contributed by atoms with Crippen molar-refractivity contribution < 1.29 is 23.1 Å². The lowest BCUT2D eigenvalue weighted by atomic mass is 10.1. The molecule has 2 N–H and O–H groups in total. The standard InChI is InChI=1S/C16H12F2N2O4/c1-8(9-3-2-4-10(5-9)19-15(21)22)20-13-6-11(17)12(18)7-14(13)24-16(20)23/h2-8,19H,1H3,(H,21,22). The molecule has 8 heteroatoms. The quantitative estimate of drug-likeness (QED) is 0.767. The maximum Gasteiger partial charge on any atom is 0.420 e. The number of benzene rings is 2. The fourth-order valence-corrected chi connectivity index (χ4v) is 2.55. The first-order valence-electron chi connectivity index (χ1n) is 6.97. The summed E-state index contributed by atoms with van der Waals surface area (Å²) < 4.78 is 32.9. The fraction of sp³-hybridized carbons (Fsp3) is 0.125. The lowest BCUT2D eigenvalue weighted by molar-refractivity contribution is 0.209. The van der Waals surface area contributed by atoms with Crippen LogP contribution in [0.3, 0.4) is 0 Å². The van der Waals surface area contributed by atoms with Gasteiger partial charge >= 0.3 is 11.8 Å². The number of hydrogen-bond donors (Lipinski definition) is 2. The summed E-state index contributed by atoms with van der Waals surface area (Å²) in [6.45, 7) is 1.66. The number of anilines is 1. The van der Waals surface area contributed by atoms with Crippen LogP contribution in [-0.2, 0) is 0 Å². The molecular weight excluding hydrogens is 322 g/mol. The molecule has 124 valence electrons. The molecule has 0 saturated heterocycles. The first kappa shape index (κ1) is 15.7. The number of carboxylic acid groups (broad SMARTS) is 1. The van der Waals surface area contributed by atoms with E-state index in [0.29, 0.717) is 11.3 Å². The van der Waals surface area contributed by atoms with E-state index < -0.39 is 29.5 Å². The molecule has 0 aliphatic carbocycles. The van der Waals surface area contributed by atoms with E-state index in [1.807, 2.05) is 0 Å². The first-order valence-corrected chi connectivity index (χ1v) is 6.97. The lowest BCUT2D eigenvalue weighted by Crippen LogP contribution is -2.19. The molecule has 3 aromatic rings. The number of nitrogens with one attached hydrogen (secondary N) is 1. The summed E-state index contributed by atoms with van der Waals surface area (Å²) in [6.07, 6.45) is -1.22. The number of oxazole rings is 1. The van der Waals surface area contributed by atoms with E-state index in [0.717, 1.165) is 12.1 Å². The number of fused-ring (bicyclic) bond motifs is 1. The van der Waals surface area contributed by atoms with Crippen LogP contribution in [0.2, 0.25) is 0 Å². The minimum atomic E-state index is -1.22. The van der Waals surface area contributed by atoms with Gasteiger partial charge in [0, 0.05) is 17.8 Å². The molecule has 0 radical (unpaired) electrons. The minimum Gasteiger partial charge on any atom is -0.465 e. The van der Waals surface area contributed by atoms with Gasteiger partial charge in [0.1, 0.15) is 0 Å². The van der Waals surface area contributed by atoms with Crippen LogP contribution >= 0.6 is 0 Å². The van der Waals surface area contributed by atoms with Gasteiger partial charge in [0.25, 0.3) is 0 Å². The fourth-order valence-electron chi connectivity index (χ4n) is 2.55. The van der Waals surface area contributed by atoms with E-state index >= 15 is 0 Å². The normalized spacial score (nSPS) is 12.3. The van der Waals surface area contributed by atoms with E-state index in [1.54, 1.807) is 31.2 Å². The number of hydrogen-bond acceptors (Lipinski definition) is 3. The number of aromatic nitrogens is 1. The summed E-state index contributed by atoms with van der Waals surface area (Å²) in [5, 5.41) is 11.0. The van der Waals surface area contributed by atoms with Gasteiger partial charge in [-0.1, -0.05) is 12.1 Å². The number of rotatable bonds is 3. The Balaban J connectivity index is 2.10. The van der Waals surface area contributed by atoms with Gasteiger partial charge in [0.15, 0.2) is 17.2 Å². The SMILES string of the molecule is CC(c1cccc(NC(=O)O)c1)n1c(=O)oc2cc(F)c(F)cc21. The van der Waals surface area contributed by atoms with Crippen LogP contribution in [0, 0.1) is 11.6 Å². The van der Waals surface area contributed by atoms with E-state index in [-0.39, 0.29) is 11.1 Å². The van der Waals surface area contributed by atoms with Gasteiger partial charge in [0.2, 0.25) is 0 Å². The van der Waals surface area contributed by atoms with Crippen molar-refractivity contribution in [3.63, 3.8) is 0 Å². The van der Waals surface area contributed by atoms with Crippen molar-refractivity contribution in [2.45, 2.75) is 13.0 Å². The van der Waals surface area contributed by atoms with Crippen molar-refractivity contribution in [2.24, 2.45) is 0 Å². The Hall–Kier alpha value is -3.16. The van der Waals surface area contributed by atoms with E-state index in [4.69, 9.17) is 9.52 Å². The van der Waals surface area contributed by atoms with Crippen LogP contribution in [0.5, 0.6) is 0 Å². The second kappa shape index (κ2) is 5.80. The maximum atomic E-state index is 13.5. The highest BCUT2D eigenvalue weighted by molar-refractivity contribution is 5.83. The number of amides is 1. The number of nitrogens with zero attached hydrogens (tertiary/aromatic N) is 1. The van der Waals surface area contributed by atoms with E-state index in [1.165, 1.54) is 4.57 Å². The van der Waals surface area contributed by atoms with Gasteiger partial charge in [-0.2, -0.15) is 0 Å². The topological polar surface area (TPSA) is 84.5 Å². The Bertz CT molecular complexity index is 993. The molecule has 0 fully saturated rings. The third-order valence-electron chi connectivity index (χ3n) is 3.66. The molecule has 0 spiro atoms. The molecule has 0 saturated carbocycles. The van der Waals surface area contributed by atoms with E-state index in [9.17, 15) is 18.4 Å². The van der Waals surface area contributed by atoms with Crippen LogP contribution in [0.25, 0.3) is 11.1 Å². The summed E-state index contributed by atoms with van der Waals surface area (Å²) in [7, 11) is 0. The van der Waals surface area contributed by atoms with Crippen molar-refractivity contribution >= 4 is 22.9 Å². The van der Waals surface area contributed by atoms with Crippen LogP contribution < -0.4 is 11.1 Å². The van der Waals surface area contributed by atoms with Gasteiger partial charge in [0.05, 0.1) is 11.6 Å². The van der Waals surface area contributed by atoms with Gasteiger partial charge < -0.3 is 9.52 Å². The van der Waals surface area contributed by atoms with Crippen molar-refractivity contribution in [1.29, 1.82) is 0 Å². The predicted octanol–water partition coefficient (Wildman–Crippen LogP) is 3.57. The largest absolute Gasteiger partial charge is 0.465 e. The minimum absolute atomic E-state index is 0.0643. The molecule has 0 bridgehead atoms. The third-order valence-corrected chi connectivity index (χ3v) is 3.66. The average Bonchev–Trinajstić information content (AvgIpc) is 2.82. The summed E-state index contributed by atoms with van der Waals surface area (Å²) in [6, 6.07) is 7.52. The van der Waals surface area contributed by atoms with E-state index in [2.05, 4.69) is 5.32 Å². The van der Waals surface area contributed by atoms with Crippen molar-refractivity contribution in [2.75, 3.05) is 5.32 Å². The predicted molar refractivity (Wildman–Crippen MR) is 82.3 cm³/mol. The third kappa shape index (κ3) is 2.73. The summed E-state index contributed by atoms with van der Waals surface area (Å²) in [4.78, 5) is 22.8. The zero-order chi connectivity index (χ0) is 17.4. The van der Waals surface area contributed by atoms with Crippen molar-refractivity contribution in [3.05, 3.63) is 64.1 Å². The second-order valence-corrected chi connectivity index (χ2v) is 5.20. The zero-order valence-electron chi connectivity index (χ0n) is 12.4. The summed E-state index contributed by atoms with van der Waals surface area (Å²) in [5.41, 5.74) is 0.967. The van der Waals surface area contributed by atoms with Crippen molar-refractivity contribution in [3.8, 4) is 0 Å². The first-order chi connectivity index (χ1) is 11.4. The molecule has 1 unspecified atom stereocenters. The molecule has 2 aromatic carbocycles. The molecule has 0 aliphatic rings. The lowest BCUT2D eigenvalue weighted by Gasteiger charge is -2.14. The van der Waals surface area contributed by atoms with Crippen molar-refractivity contribution in [1.82, 2.24) is 4.57 Å².